The Hall–Kier alpha value is -1.26. The van der Waals surface area contributed by atoms with Crippen LogP contribution in [0.3, 0.4) is 0 Å². The minimum Gasteiger partial charge on any atom is -0.354 e. The third-order valence-electron chi connectivity index (χ3n) is 3.59. The molecule has 0 aliphatic rings. The molecule has 0 unspecified atom stereocenters. The van der Waals surface area contributed by atoms with Gasteiger partial charge in [-0.2, -0.15) is 0 Å². The van der Waals surface area contributed by atoms with Gasteiger partial charge in [-0.05, 0) is 25.0 Å². The number of nitrogens with zero attached hydrogens (tertiary/aromatic N) is 1. The molecule has 0 atom stereocenters. The van der Waals surface area contributed by atoms with E-state index in [4.69, 9.17) is 23.2 Å². The summed E-state index contributed by atoms with van der Waals surface area (Å²) in [5, 5.41) is 3.60. The Morgan fingerprint density at radius 2 is 1.86 bits per heavy atom. The SMILES string of the molecule is CCC(CC)C(=O)NCCN(C(C)=O)c1cccc(Cl)c1Cl. The number of benzene rings is 1. The lowest BCUT2D eigenvalue weighted by atomic mass is 10.0. The highest BCUT2D eigenvalue weighted by Crippen LogP contribution is 2.32. The molecule has 0 spiro atoms. The molecule has 1 aromatic carbocycles. The molecule has 0 bridgehead atoms. The van der Waals surface area contributed by atoms with Crippen LogP contribution in [0.1, 0.15) is 33.6 Å². The van der Waals surface area contributed by atoms with Crippen LogP contribution in [0.25, 0.3) is 0 Å². The highest BCUT2D eigenvalue weighted by molar-refractivity contribution is 6.44. The van der Waals surface area contributed by atoms with Crippen molar-refractivity contribution in [2.24, 2.45) is 5.92 Å². The van der Waals surface area contributed by atoms with Crippen LogP contribution in [0.5, 0.6) is 0 Å². The molecule has 0 radical (unpaired) electrons. The maximum atomic E-state index is 12.0. The maximum Gasteiger partial charge on any atom is 0.223 e. The fraction of sp³-hybridized carbons (Fsp3) is 0.500. The zero-order valence-corrected chi connectivity index (χ0v) is 14.7. The third kappa shape index (κ3) is 4.89. The zero-order valence-electron chi connectivity index (χ0n) is 13.2. The van der Waals surface area contributed by atoms with Gasteiger partial charge in [0.15, 0.2) is 0 Å². The van der Waals surface area contributed by atoms with Crippen molar-refractivity contribution in [3.63, 3.8) is 0 Å². The van der Waals surface area contributed by atoms with Crippen molar-refractivity contribution in [1.29, 1.82) is 0 Å². The van der Waals surface area contributed by atoms with Crippen LogP contribution in [-0.4, -0.2) is 24.9 Å². The summed E-state index contributed by atoms with van der Waals surface area (Å²) in [7, 11) is 0. The van der Waals surface area contributed by atoms with E-state index in [9.17, 15) is 9.59 Å². The number of amides is 2. The molecule has 0 fully saturated rings. The Morgan fingerprint density at radius 1 is 1.23 bits per heavy atom. The second-order valence-corrected chi connectivity index (χ2v) is 5.83. The second kappa shape index (κ2) is 9.01. The summed E-state index contributed by atoms with van der Waals surface area (Å²) in [4.78, 5) is 25.3. The Morgan fingerprint density at radius 3 is 2.41 bits per heavy atom. The largest absolute Gasteiger partial charge is 0.354 e. The van der Waals surface area contributed by atoms with Crippen LogP contribution < -0.4 is 10.2 Å². The third-order valence-corrected chi connectivity index (χ3v) is 4.40. The number of nitrogens with one attached hydrogen (secondary N) is 1. The van der Waals surface area contributed by atoms with Crippen LogP contribution in [0.15, 0.2) is 18.2 Å². The van der Waals surface area contributed by atoms with E-state index in [1.165, 1.54) is 11.8 Å². The van der Waals surface area contributed by atoms with Crippen LogP contribution in [-0.2, 0) is 9.59 Å². The van der Waals surface area contributed by atoms with Crippen molar-refractivity contribution in [1.82, 2.24) is 5.32 Å². The zero-order chi connectivity index (χ0) is 16.7. The van der Waals surface area contributed by atoms with E-state index in [1.54, 1.807) is 18.2 Å². The second-order valence-electron chi connectivity index (χ2n) is 5.05. The van der Waals surface area contributed by atoms with E-state index in [2.05, 4.69) is 5.32 Å². The monoisotopic (exact) mass is 344 g/mol. The molecule has 0 aliphatic carbocycles. The first-order chi connectivity index (χ1) is 10.4. The molecule has 0 aliphatic heterocycles. The average Bonchev–Trinajstić information content (AvgIpc) is 2.48. The topological polar surface area (TPSA) is 49.4 Å². The molecule has 0 saturated carbocycles. The summed E-state index contributed by atoms with van der Waals surface area (Å²) in [5.41, 5.74) is 0.554. The molecule has 2 amide bonds. The van der Waals surface area contributed by atoms with Crippen molar-refractivity contribution in [2.75, 3.05) is 18.0 Å². The number of carbonyl (C=O) groups is 2. The van der Waals surface area contributed by atoms with E-state index in [-0.39, 0.29) is 17.7 Å². The Kier molecular flexibility index (Phi) is 7.69. The van der Waals surface area contributed by atoms with Crippen molar-refractivity contribution >= 4 is 40.7 Å². The van der Waals surface area contributed by atoms with Crippen LogP contribution >= 0.6 is 23.2 Å². The summed E-state index contributed by atoms with van der Waals surface area (Å²) >= 11 is 12.1. The first kappa shape index (κ1) is 18.8. The first-order valence-electron chi connectivity index (χ1n) is 7.42. The Balaban J connectivity index is 2.73. The first-order valence-corrected chi connectivity index (χ1v) is 8.17. The molecule has 1 rings (SSSR count). The standard InChI is InChI=1S/C16H22Cl2N2O2/c1-4-12(5-2)16(22)19-9-10-20(11(3)21)14-8-6-7-13(17)15(14)18/h6-8,12H,4-5,9-10H2,1-3H3,(H,19,22). The quantitative estimate of drug-likeness (QED) is 0.815. The van der Waals surface area contributed by atoms with Gasteiger partial charge in [0.25, 0.3) is 0 Å². The average molecular weight is 345 g/mol. The van der Waals surface area contributed by atoms with Crippen molar-refractivity contribution in [3.8, 4) is 0 Å². The van der Waals surface area contributed by atoms with E-state index < -0.39 is 0 Å². The predicted molar refractivity (Wildman–Crippen MR) is 91.6 cm³/mol. The molecule has 122 valence electrons. The molecule has 1 aromatic rings. The van der Waals surface area contributed by atoms with Gasteiger partial charge in [-0.15, -0.1) is 0 Å². The number of anilines is 1. The van der Waals surface area contributed by atoms with Crippen molar-refractivity contribution < 1.29 is 9.59 Å². The van der Waals surface area contributed by atoms with Crippen molar-refractivity contribution in [2.45, 2.75) is 33.6 Å². The number of hydrogen-bond donors (Lipinski definition) is 1. The predicted octanol–water partition coefficient (Wildman–Crippen LogP) is 3.90. The van der Waals surface area contributed by atoms with E-state index in [0.717, 1.165) is 12.8 Å². The van der Waals surface area contributed by atoms with Gasteiger partial charge in [0.05, 0.1) is 15.7 Å². The van der Waals surface area contributed by atoms with Gasteiger partial charge in [-0.25, -0.2) is 0 Å². The number of hydrogen-bond acceptors (Lipinski definition) is 2. The molecule has 0 heterocycles. The molecule has 0 aromatic heterocycles. The van der Waals surface area contributed by atoms with Gasteiger partial charge in [0, 0.05) is 25.9 Å². The summed E-state index contributed by atoms with van der Waals surface area (Å²) < 4.78 is 0. The van der Waals surface area contributed by atoms with Gasteiger partial charge in [-0.1, -0.05) is 43.1 Å². The fourth-order valence-corrected chi connectivity index (χ4v) is 2.64. The summed E-state index contributed by atoms with van der Waals surface area (Å²) in [6.07, 6.45) is 1.61. The summed E-state index contributed by atoms with van der Waals surface area (Å²) in [5.74, 6) is -0.118. The highest BCUT2D eigenvalue weighted by Gasteiger charge is 2.18. The highest BCUT2D eigenvalue weighted by atomic mass is 35.5. The Labute approximate surface area is 141 Å². The van der Waals surface area contributed by atoms with Crippen molar-refractivity contribution in [3.05, 3.63) is 28.2 Å². The van der Waals surface area contributed by atoms with Crippen LogP contribution in [0.4, 0.5) is 5.69 Å². The molecule has 22 heavy (non-hydrogen) atoms. The van der Waals surface area contributed by atoms with Gasteiger partial charge < -0.3 is 10.2 Å². The van der Waals surface area contributed by atoms with E-state index in [1.807, 2.05) is 13.8 Å². The number of carbonyl (C=O) groups excluding carboxylic acids is 2. The molecule has 1 N–H and O–H groups in total. The molecular weight excluding hydrogens is 323 g/mol. The van der Waals surface area contributed by atoms with Gasteiger partial charge in [0.1, 0.15) is 0 Å². The minimum absolute atomic E-state index is 0.0144. The molecule has 6 heteroatoms. The smallest absolute Gasteiger partial charge is 0.223 e. The molecular formula is C16H22Cl2N2O2. The van der Waals surface area contributed by atoms with Gasteiger partial charge in [-0.3, -0.25) is 9.59 Å². The summed E-state index contributed by atoms with van der Waals surface area (Å²) in [6, 6.07) is 5.14. The lowest BCUT2D eigenvalue weighted by Gasteiger charge is -2.23. The van der Waals surface area contributed by atoms with E-state index >= 15 is 0 Å². The fourth-order valence-electron chi connectivity index (χ4n) is 2.24. The summed E-state index contributed by atoms with van der Waals surface area (Å²) in [6.45, 7) is 6.15. The van der Waals surface area contributed by atoms with Gasteiger partial charge >= 0.3 is 0 Å². The molecule has 0 saturated heterocycles. The van der Waals surface area contributed by atoms with Crippen LogP contribution in [0.2, 0.25) is 10.0 Å². The minimum atomic E-state index is -0.152. The number of rotatable bonds is 7. The van der Waals surface area contributed by atoms with Gasteiger partial charge in [0.2, 0.25) is 11.8 Å². The number of halogens is 2. The lowest BCUT2D eigenvalue weighted by Crippen LogP contribution is -2.39. The Bertz CT molecular complexity index is 531. The maximum absolute atomic E-state index is 12.0. The van der Waals surface area contributed by atoms with Crippen LogP contribution in [0, 0.1) is 5.92 Å². The lowest BCUT2D eigenvalue weighted by molar-refractivity contribution is -0.125. The van der Waals surface area contributed by atoms with E-state index in [0.29, 0.717) is 28.8 Å². The molecule has 4 nitrogen and oxygen atoms in total. The normalized spacial score (nSPS) is 10.6.